The third kappa shape index (κ3) is 1.30. The van der Waals surface area contributed by atoms with E-state index in [0.29, 0.717) is 6.20 Å². The molecule has 0 aromatic carbocycles. The summed E-state index contributed by atoms with van der Waals surface area (Å²) in [6.45, 7) is 1.15. The van der Waals surface area contributed by atoms with Gasteiger partial charge >= 0.3 is 6.03 Å². The highest BCUT2D eigenvalue weighted by atomic mass is 16.8. The molecule has 0 saturated heterocycles. The molecule has 1 rings (SSSR count). The minimum atomic E-state index is -3.29. The van der Waals surface area contributed by atoms with Crippen molar-refractivity contribution in [2.45, 2.75) is 18.9 Å². The molecule has 0 radical (unpaired) electrons. The monoisotopic (exact) mass is 194 g/mol. The van der Waals surface area contributed by atoms with Crippen LogP contribution in [0.4, 0.5) is 0 Å². The molecule has 8 heteroatoms. The summed E-state index contributed by atoms with van der Waals surface area (Å²) < 4.78 is 0. The van der Waals surface area contributed by atoms with Gasteiger partial charge in [0, 0.05) is 11.8 Å². The van der Waals surface area contributed by atoms with E-state index in [2.05, 4.69) is 0 Å². The molecule has 1 heterocycles. The second-order valence-electron chi connectivity index (χ2n) is 2.70. The van der Waals surface area contributed by atoms with Gasteiger partial charge in [0.05, 0.1) is 0 Å². The zero-order valence-electron chi connectivity index (χ0n) is 6.66. The predicted molar refractivity (Wildman–Crippen MR) is 35.3 cm³/mol. The van der Waals surface area contributed by atoms with Crippen molar-refractivity contribution in [3.8, 4) is 0 Å². The first kappa shape index (κ1) is 10.3. The van der Waals surface area contributed by atoms with Gasteiger partial charge in [-0.05, 0) is 6.92 Å². The molecular weight excluding hydrogens is 184 g/mol. The number of hydroxylamine groups is 4. The van der Waals surface area contributed by atoms with Crippen molar-refractivity contribution in [1.82, 2.24) is 10.1 Å². The van der Waals surface area contributed by atoms with Crippen LogP contribution in [-0.4, -0.2) is 52.9 Å². The van der Waals surface area contributed by atoms with Crippen LogP contribution in [0.2, 0.25) is 0 Å². The van der Waals surface area contributed by atoms with Crippen molar-refractivity contribution >= 4 is 0 Å². The summed E-state index contributed by atoms with van der Waals surface area (Å²) in [7, 11) is 0. The molecule has 0 atom stereocenters. The highest BCUT2D eigenvalue weighted by Crippen LogP contribution is 2.29. The molecule has 1 aliphatic rings. The van der Waals surface area contributed by atoms with E-state index in [-0.39, 0.29) is 10.6 Å². The maximum Gasteiger partial charge on any atom is 0.364 e. The first-order valence-corrected chi connectivity index (χ1v) is 3.26. The van der Waals surface area contributed by atoms with Crippen molar-refractivity contribution in [3.05, 3.63) is 11.8 Å². The largest absolute Gasteiger partial charge is 0.364 e. The van der Waals surface area contributed by atoms with Crippen molar-refractivity contribution in [3.63, 3.8) is 0 Å². The van der Waals surface area contributed by atoms with Crippen LogP contribution >= 0.6 is 0 Å². The topological polar surface area (TPSA) is 128 Å². The normalized spacial score (nSPS) is 27.3. The molecule has 0 amide bonds. The lowest BCUT2D eigenvalue weighted by Crippen LogP contribution is -2.68. The molecular formula is C5H10N2O6. The van der Waals surface area contributed by atoms with Gasteiger partial charge in [-0.25, -0.2) is 0 Å². The molecule has 0 spiro atoms. The fourth-order valence-corrected chi connectivity index (χ4v) is 0.830. The Balaban J connectivity index is 3.16. The molecule has 6 N–H and O–H groups in total. The van der Waals surface area contributed by atoms with Crippen molar-refractivity contribution < 1.29 is 30.8 Å². The Morgan fingerprint density at radius 2 is 1.62 bits per heavy atom. The van der Waals surface area contributed by atoms with Gasteiger partial charge in [0.15, 0.2) is 0 Å². The smallest absolute Gasteiger partial charge is 0.348 e. The zero-order chi connectivity index (χ0) is 10.4. The van der Waals surface area contributed by atoms with Gasteiger partial charge in [0.2, 0.25) is 0 Å². The van der Waals surface area contributed by atoms with Crippen LogP contribution in [0, 0.1) is 0 Å². The SMILES string of the molecule is CC1=CN(O)C(O)(O)N(O)C1(O)O. The fourth-order valence-electron chi connectivity index (χ4n) is 0.830. The zero-order valence-corrected chi connectivity index (χ0v) is 6.66. The van der Waals surface area contributed by atoms with Crippen LogP contribution in [0.25, 0.3) is 0 Å². The Kier molecular flexibility index (Phi) is 2.09. The molecule has 0 unspecified atom stereocenters. The first-order valence-electron chi connectivity index (χ1n) is 3.26. The minimum absolute atomic E-state index is 0.187. The van der Waals surface area contributed by atoms with Gasteiger partial charge in [0.25, 0.3) is 5.91 Å². The molecule has 76 valence electrons. The average molecular weight is 194 g/mol. The summed E-state index contributed by atoms with van der Waals surface area (Å²) in [6.07, 6.45) is 0.646. The fraction of sp³-hybridized carbons (Fsp3) is 0.600. The molecule has 0 aromatic heterocycles. The van der Waals surface area contributed by atoms with Gasteiger partial charge in [-0.3, -0.25) is 5.21 Å². The summed E-state index contributed by atoms with van der Waals surface area (Å²) in [5.74, 6) is -2.94. The number of nitrogens with zero attached hydrogens (tertiary/aromatic N) is 2. The Morgan fingerprint density at radius 1 is 1.15 bits per heavy atom. The predicted octanol–water partition coefficient (Wildman–Crippen LogP) is -2.48. The van der Waals surface area contributed by atoms with Gasteiger partial charge in [0.1, 0.15) is 0 Å². The van der Waals surface area contributed by atoms with E-state index in [1.54, 1.807) is 0 Å². The molecule has 1 aliphatic heterocycles. The Labute approximate surface area is 72.7 Å². The lowest BCUT2D eigenvalue weighted by atomic mass is 10.2. The standard InChI is InChI=1S/C5H10N2O6/c1-3-2-6(12)5(10,11)7(13)4(3,8)9/h2,8-13H,1H3. The van der Waals surface area contributed by atoms with Crippen molar-refractivity contribution in [2.75, 3.05) is 0 Å². The summed E-state index contributed by atoms with van der Waals surface area (Å²) in [5, 5.41) is 52.9. The lowest BCUT2D eigenvalue weighted by Gasteiger charge is -2.44. The number of rotatable bonds is 0. The molecule has 13 heavy (non-hydrogen) atoms. The van der Waals surface area contributed by atoms with Crippen molar-refractivity contribution in [1.29, 1.82) is 0 Å². The van der Waals surface area contributed by atoms with E-state index < -0.39 is 17.0 Å². The van der Waals surface area contributed by atoms with E-state index in [9.17, 15) is 0 Å². The number of hydrogen-bond acceptors (Lipinski definition) is 8. The highest BCUT2D eigenvalue weighted by molar-refractivity contribution is 5.10. The lowest BCUT2D eigenvalue weighted by molar-refractivity contribution is -0.534. The van der Waals surface area contributed by atoms with E-state index >= 15 is 0 Å². The van der Waals surface area contributed by atoms with Gasteiger partial charge < -0.3 is 25.6 Å². The van der Waals surface area contributed by atoms with Crippen LogP contribution in [0.5, 0.6) is 0 Å². The van der Waals surface area contributed by atoms with Gasteiger partial charge in [-0.2, -0.15) is 5.06 Å². The number of hydrogen-bond donors (Lipinski definition) is 6. The average Bonchev–Trinajstić information content (AvgIpc) is 2.00. The first-order chi connectivity index (χ1) is 5.70. The van der Waals surface area contributed by atoms with E-state index in [0.717, 1.165) is 6.92 Å². The molecule has 0 bridgehead atoms. The second-order valence-corrected chi connectivity index (χ2v) is 2.70. The van der Waals surface area contributed by atoms with E-state index in [1.807, 2.05) is 0 Å². The Morgan fingerprint density at radius 3 is 2.08 bits per heavy atom. The van der Waals surface area contributed by atoms with Crippen LogP contribution in [0.15, 0.2) is 11.8 Å². The van der Waals surface area contributed by atoms with E-state index in [4.69, 9.17) is 30.8 Å². The third-order valence-electron chi connectivity index (χ3n) is 1.73. The maximum absolute atomic E-state index is 9.07. The van der Waals surface area contributed by atoms with Crippen molar-refractivity contribution in [2.24, 2.45) is 0 Å². The third-order valence-corrected chi connectivity index (χ3v) is 1.73. The van der Waals surface area contributed by atoms with Crippen LogP contribution in [-0.2, 0) is 0 Å². The van der Waals surface area contributed by atoms with Gasteiger partial charge in [-0.1, -0.05) is 5.06 Å². The van der Waals surface area contributed by atoms with E-state index in [1.165, 1.54) is 0 Å². The summed E-state index contributed by atoms with van der Waals surface area (Å²) in [6, 6.07) is -3.29. The van der Waals surface area contributed by atoms with Crippen LogP contribution < -0.4 is 0 Å². The van der Waals surface area contributed by atoms with Crippen LogP contribution in [0.1, 0.15) is 6.92 Å². The maximum atomic E-state index is 9.07. The van der Waals surface area contributed by atoms with Crippen LogP contribution in [0.3, 0.4) is 0 Å². The Hall–Kier alpha value is -0.740. The molecule has 0 saturated carbocycles. The highest BCUT2D eigenvalue weighted by Gasteiger charge is 2.53. The second kappa shape index (κ2) is 2.62. The molecule has 0 aromatic rings. The summed E-state index contributed by atoms with van der Waals surface area (Å²) in [4.78, 5) is 0. The quantitative estimate of drug-likeness (QED) is 0.234. The minimum Gasteiger partial charge on any atom is -0.348 e. The molecule has 8 nitrogen and oxygen atoms in total. The molecule has 0 fully saturated rings. The summed E-state index contributed by atoms with van der Waals surface area (Å²) in [5.41, 5.74) is -0.295. The molecule has 0 aliphatic carbocycles. The Bertz CT molecular complexity index is 249. The number of aliphatic hydroxyl groups is 4. The summed E-state index contributed by atoms with van der Waals surface area (Å²) >= 11 is 0. The van der Waals surface area contributed by atoms with Gasteiger partial charge in [-0.15, -0.1) is 0 Å².